The first-order valence-corrected chi connectivity index (χ1v) is 15.0. The molecule has 2 aromatic heterocycles. The molecule has 11 heteroatoms. The Morgan fingerprint density at radius 2 is 1.84 bits per heavy atom. The summed E-state index contributed by atoms with van der Waals surface area (Å²) in [6, 6.07) is 14.7. The van der Waals surface area contributed by atoms with E-state index in [0.717, 1.165) is 21.5 Å². The summed E-state index contributed by atoms with van der Waals surface area (Å²) in [6.07, 6.45) is 6.93. The van der Waals surface area contributed by atoms with Crippen molar-refractivity contribution in [1.29, 1.82) is 0 Å². The smallest absolute Gasteiger partial charge is 0.255 e. The quantitative estimate of drug-likeness (QED) is 0.184. The summed E-state index contributed by atoms with van der Waals surface area (Å²) < 4.78 is 59.4. The third-order valence-electron chi connectivity index (χ3n) is 7.03. The number of aromatic nitrogens is 2. The van der Waals surface area contributed by atoms with Gasteiger partial charge in [0.05, 0.1) is 28.7 Å². The molecule has 0 aliphatic heterocycles. The number of benzene rings is 3. The maximum absolute atomic E-state index is 13.6. The number of nitrogens with zero attached hydrogens (tertiary/aromatic N) is 2. The molecule has 1 amide bonds. The Morgan fingerprint density at radius 1 is 1.12 bits per heavy atom. The van der Waals surface area contributed by atoms with Crippen LogP contribution in [0.2, 0.25) is 0 Å². The van der Waals surface area contributed by atoms with Gasteiger partial charge in [0.15, 0.2) is 0 Å². The van der Waals surface area contributed by atoms with Gasteiger partial charge < -0.3 is 9.73 Å². The number of aromatic amines is 1. The first kappa shape index (κ1) is 29.5. The standard InChI is InChI=1S/C32H28F2N4O4S/c1-5-7-20(8-6-15-33)31-29(32(39)35-2)25-17-23(27(18-28(25)42-31)38(3)43(4,40)41)21-11-14-26-24(16-21)30(37-36-26)19-9-12-22(34)13-10-19/h5-14,16-18H,1,15H2,2-4H3,(H,35,39)(H,36,37)/b8-6-,20-7+. The van der Waals surface area contributed by atoms with Gasteiger partial charge in [-0.1, -0.05) is 36.9 Å². The van der Waals surface area contributed by atoms with Crippen LogP contribution in [0.5, 0.6) is 0 Å². The molecule has 0 bridgehead atoms. The van der Waals surface area contributed by atoms with E-state index in [4.69, 9.17) is 4.42 Å². The van der Waals surface area contributed by atoms with E-state index in [2.05, 4.69) is 22.1 Å². The number of furan rings is 1. The van der Waals surface area contributed by atoms with Crippen molar-refractivity contribution >= 4 is 49.1 Å². The second-order valence-electron chi connectivity index (χ2n) is 9.74. The summed E-state index contributed by atoms with van der Waals surface area (Å²) in [5.74, 6) is -0.645. The highest BCUT2D eigenvalue weighted by atomic mass is 32.2. The van der Waals surface area contributed by atoms with E-state index in [0.29, 0.717) is 39.0 Å². The van der Waals surface area contributed by atoms with Gasteiger partial charge in [-0.3, -0.25) is 14.2 Å². The number of amides is 1. The van der Waals surface area contributed by atoms with E-state index in [-0.39, 0.29) is 22.7 Å². The van der Waals surface area contributed by atoms with Crippen LogP contribution in [0.3, 0.4) is 0 Å². The molecule has 0 spiro atoms. The number of allylic oxidation sites excluding steroid dienone is 5. The number of sulfonamides is 1. The fourth-order valence-electron chi connectivity index (χ4n) is 4.87. The number of anilines is 1. The molecule has 0 fully saturated rings. The Morgan fingerprint density at radius 3 is 2.49 bits per heavy atom. The summed E-state index contributed by atoms with van der Waals surface area (Å²) in [6.45, 7) is 2.98. The maximum atomic E-state index is 13.6. The van der Waals surface area contributed by atoms with Gasteiger partial charge in [0.25, 0.3) is 5.91 Å². The van der Waals surface area contributed by atoms with Gasteiger partial charge in [-0.2, -0.15) is 5.10 Å². The van der Waals surface area contributed by atoms with E-state index >= 15 is 0 Å². The highest BCUT2D eigenvalue weighted by Crippen LogP contribution is 2.41. The summed E-state index contributed by atoms with van der Waals surface area (Å²) >= 11 is 0. The van der Waals surface area contributed by atoms with Gasteiger partial charge in [-0.15, -0.1) is 0 Å². The molecule has 2 N–H and O–H groups in total. The number of H-pyrrole nitrogens is 1. The lowest BCUT2D eigenvalue weighted by atomic mass is 9.96. The average molecular weight is 603 g/mol. The molecular formula is C32H28F2N4O4S. The van der Waals surface area contributed by atoms with Crippen molar-refractivity contribution in [2.24, 2.45) is 0 Å². The lowest BCUT2D eigenvalue weighted by molar-refractivity contribution is 0.0963. The summed E-state index contributed by atoms with van der Waals surface area (Å²) in [7, 11) is -0.813. The first-order valence-electron chi connectivity index (χ1n) is 13.1. The molecule has 0 atom stereocenters. The van der Waals surface area contributed by atoms with E-state index in [1.165, 1.54) is 44.5 Å². The van der Waals surface area contributed by atoms with Crippen LogP contribution in [0.4, 0.5) is 14.5 Å². The summed E-state index contributed by atoms with van der Waals surface area (Å²) in [5, 5.41) is 11.2. The Balaban J connectivity index is 1.82. The van der Waals surface area contributed by atoms with Crippen molar-refractivity contribution in [2.45, 2.75) is 0 Å². The lowest BCUT2D eigenvalue weighted by Gasteiger charge is -2.21. The molecule has 0 aliphatic rings. The zero-order valence-corrected chi connectivity index (χ0v) is 24.4. The molecule has 0 saturated carbocycles. The Bertz CT molecular complexity index is 2040. The van der Waals surface area contributed by atoms with Crippen molar-refractivity contribution < 1.29 is 26.4 Å². The number of hydrogen-bond acceptors (Lipinski definition) is 5. The van der Waals surface area contributed by atoms with Crippen LogP contribution in [0.1, 0.15) is 16.1 Å². The molecule has 2 heterocycles. The molecular weight excluding hydrogens is 574 g/mol. The fourth-order valence-corrected chi connectivity index (χ4v) is 5.38. The van der Waals surface area contributed by atoms with Crippen LogP contribution in [0, 0.1) is 5.82 Å². The second kappa shape index (κ2) is 11.7. The van der Waals surface area contributed by atoms with Crippen molar-refractivity contribution in [3.63, 3.8) is 0 Å². The molecule has 0 unspecified atom stereocenters. The highest BCUT2D eigenvalue weighted by molar-refractivity contribution is 7.92. The number of hydrogen-bond donors (Lipinski definition) is 2. The number of halogens is 2. The van der Waals surface area contributed by atoms with Gasteiger partial charge in [-0.05, 0) is 48.0 Å². The van der Waals surface area contributed by atoms with Crippen LogP contribution < -0.4 is 9.62 Å². The predicted molar refractivity (Wildman–Crippen MR) is 167 cm³/mol. The Labute approximate surface area is 247 Å². The molecule has 0 saturated heterocycles. The van der Waals surface area contributed by atoms with E-state index in [1.807, 2.05) is 18.2 Å². The largest absolute Gasteiger partial charge is 0.455 e. The number of nitrogens with one attached hydrogen (secondary N) is 2. The van der Waals surface area contributed by atoms with Crippen molar-refractivity contribution in [3.8, 4) is 22.4 Å². The number of carbonyl (C=O) groups is 1. The van der Waals surface area contributed by atoms with Crippen LogP contribution in [-0.2, 0) is 10.0 Å². The minimum Gasteiger partial charge on any atom is -0.455 e. The zero-order valence-electron chi connectivity index (χ0n) is 23.6. The van der Waals surface area contributed by atoms with Gasteiger partial charge in [-0.25, -0.2) is 17.2 Å². The zero-order chi connectivity index (χ0) is 30.9. The number of alkyl halides is 1. The molecule has 5 aromatic rings. The molecule has 5 rings (SSSR count). The fraction of sp³-hybridized carbons (Fsp3) is 0.125. The van der Waals surface area contributed by atoms with Gasteiger partial charge >= 0.3 is 0 Å². The van der Waals surface area contributed by atoms with Crippen LogP contribution in [0.15, 0.2) is 89.9 Å². The molecule has 3 aromatic carbocycles. The minimum atomic E-state index is -3.72. The number of carbonyl (C=O) groups excluding carboxylic acids is 1. The SMILES string of the molecule is C=C/C=C(\C=C/CF)c1oc2cc(N(C)S(C)(=O)=O)c(-c3ccc4[nH]nc(-c5ccc(F)cc5)c4c3)cc2c1C(=O)NC. The van der Waals surface area contributed by atoms with Crippen LogP contribution in [0.25, 0.3) is 49.8 Å². The highest BCUT2D eigenvalue weighted by Gasteiger charge is 2.26. The van der Waals surface area contributed by atoms with Crippen molar-refractivity contribution in [2.75, 3.05) is 31.3 Å². The third kappa shape index (κ3) is 5.59. The van der Waals surface area contributed by atoms with Gasteiger partial charge in [0.1, 0.15) is 23.8 Å². The Hall–Kier alpha value is -5.03. The van der Waals surface area contributed by atoms with Crippen LogP contribution >= 0.6 is 0 Å². The summed E-state index contributed by atoms with van der Waals surface area (Å²) in [4.78, 5) is 13.2. The van der Waals surface area contributed by atoms with Gasteiger partial charge in [0, 0.05) is 47.6 Å². The van der Waals surface area contributed by atoms with E-state index < -0.39 is 22.6 Å². The van der Waals surface area contributed by atoms with Crippen molar-refractivity contribution in [3.05, 3.63) is 103 Å². The molecule has 0 aliphatic carbocycles. The monoisotopic (exact) mass is 602 g/mol. The Kier molecular flexibility index (Phi) is 8.01. The maximum Gasteiger partial charge on any atom is 0.255 e. The third-order valence-corrected chi connectivity index (χ3v) is 8.23. The van der Waals surface area contributed by atoms with E-state index in [1.54, 1.807) is 30.3 Å². The van der Waals surface area contributed by atoms with E-state index in [9.17, 15) is 22.0 Å². The van der Waals surface area contributed by atoms with Gasteiger partial charge in [0.2, 0.25) is 10.0 Å². The van der Waals surface area contributed by atoms with Crippen LogP contribution in [-0.4, -0.2) is 51.5 Å². The topological polar surface area (TPSA) is 108 Å². The minimum absolute atomic E-state index is 0.174. The number of fused-ring (bicyclic) bond motifs is 2. The normalized spacial score (nSPS) is 12.3. The van der Waals surface area contributed by atoms with Crippen molar-refractivity contribution in [1.82, 2.24) is 15.5 Å². The second-order valence-corrected chi connectivity index (χ2v) is 11.7. The molecule has 43 heavy (non-hydrogen) atoms. The number of rotatable bonds is 9. The lowest BCUT2D eigenvalue weighted by Crippen LogP contribution is -2.25. The predicted octanol–water partition coefficient (Wildman–Crippen LogP) is 6.63. The molecule has 8 nitrogen and oxygen atoms in total. The first-order chi connectivity index (χ1) is 20.6. The molecule has 220 valence electrons. The summed E-state index contributed by atoms with van der Waals surface area (Å²) in [5.41, 5.74) is 4.29. The molecule has 0 radical (unpaired) electrons. The average Bonchev–Trinajstić information content (AvgIpc) is 3.58.